The van der Waals surface area contributed by atoms with E-state index >= 15 is 0 Å². The third-order valence-electron chi connectivity index (χ3n) is 0.547. The molecule has 0 aliphatic carbocycles. The molecule has 0 saturated heterocycles. The van der Waals surface area contributed by atoms with Crippen LogP contribution in [-0.4, -0.2) is 16.5 Å². The second kappa shape index (κ2) is 7.56. The third-order valence-corrected chi connectivity index (χ3v) is 0.547. The Bertz CT molecular complexity index is 35.2. The normalized spacial score (nSPS) is 8.57. The van der Waals surface area contributed by atoms with Crippen LogP contribution in [0.5, 0.6) is 0 Å². The van der Waals surface area contributed by atoms with Gasteiger partial charge in [0.15, 0.2) is 6.29 Å². The first-order valence-corrected chi connectivity index (χ1v) is 2.13. The number of hydrogen-bond acceptors (Lipinski definition) is 2. The van der Waals surface area contributed by atoms with E-state index in [2.05, 4.69) is 0 Å². The van der Waals surface area contributed by atoms with Crippen LogP contribution in [0.3, 0.4) is 0 Å². The molecular weight excluding hydrogens is 119 g/mol. The first-order chi connectivity index (χ1) is 2.77. The smallest absolute Gasteiger partial charge is 1.00 e. The third kappa shape index (κ3) is 11.2. The summed E-state index contributed by atoms with van der Waals surface area (Å²) in [6.45, 7) is 1.90. The standard InChI is InChI=1S/C4H10O2.K.H/c1-2-3-4(5)6;;/h4-6H,2-3H2,1H3;;/q;+1;-1. The van der Waals surface area contributed by atoms with Crippen molar-refractivity contribution in [3.8, 4) is 0 Å². The van der Waals surface area contributed by atoms with Crippen LogP contribution in [0.1, 0.15) is 21.2 Å². The van der Waals surface area contributed by atoms with Gasteiger partial charge in [-0.05, 0) is 6.42 Å². The Kier molecular flexibility index (Phi) is 12.3. The van der Waals surface area contributed by atoms with Gasteiger partial charge < -0.3 is 11.6 Å². The molecule has 0 radical (unpaired) electrons. The van der Waals surface area contributed by atoms with Gasteiger partial charge in [-0.2, -0.15) is 0 Å². The quantitative estimate of drug-likeness (QED) is 0.313. The maximum atomic E-state index is 8.11. The van der Waals surface area contributed by atoms with Gasteiger partial charge in [0.25, 0.3) is 0 Å². The van der Waals surface area contributed by atoms with Crippen LogP contribution in [0.25, 0.3) is 0 Å². The van der Waals surface area contributed by atoms with Gasteiger partial charge in [-0.3, -0.25) is 0 Å². The molecule has 0 spiro atoms. The van der Waals surface area contributed by atoms with Crippen molar-refractivity contribution in [3.05, 3.63) is 0 Å². The second-order valence-corrected chi connectivity index (χ2v) is 1.27. The summed E-state index contributed by atoms with van der Waals surface area (Å²) in [5, 5.41) is 16.2. The number of rotatable bonds is 2. The van der Waals surface area contributed by atoms with E-state index in [1.807, 2.05) is 6.92 Å². The molecule has 0 saturated carbocycles. The van der Waals surface area contributed by atoms with E-state index < -0.39 is 6.29 Å². The Morgan fingerprint density at radius 3 is 2.00 bits per heavy atom. The summed E-state index contributed by atoms with van der Waals surface area (Å²) in [7, 11) is 0. The van der Waals surface area contributed by atoms with E-state index in [9.17, 15) is 0 Å². The Labute approximate surface area is 87.8 Å². The molecule has 0 aromatic carbocycles. The summed E-state index contributed by atoms with van der Waals surface area (Å²) < 4.78 is 0. The monoisotopic (exact) mass is 130 g/mol. The molecule has 3 heteroatoms. The maximum Gasteiger partial charge on any atom is 1.00 e. The number of hydrogen-bond donors (Lipinski definition) is 2. The molecule has 0 atom stereocenters. The van der Waals surface area contributed by atoms with Crippen LogP contribution >= 0.6 is 0 Å². The predicted molar refractivity (Wildman–Crippen MR) is 24.2 cm³/mol. The number of aliphatic hydroxyl groups is 2. The van der Waals surface area contributed by atoms with Crippen LogP contribution in [0.15, 0.2) is 0 Å². The van der Waals surface area contributed by atoms with Crippen LogP contribution in [0.4, 0.5) is 0 Å². The molecule has 0 fully saturated rings. The predicted octanol–water partition coefficient (Wildman–Crippen LogP) is -2.79. The molecule has 0 aliphatic rings. The van der Waals surface area contributed by atoms with Crippen molar-refractivity contribution in [2.45, 2.75) is 26.1 Å². The average molecular weight is 130 g/mol. The zero-order chi connectivity index (χ0) is 4.99. The van der Waals surface area contributed by atoms with Gasteiger partial charge in [-0.25, -0.2) is 0 Å². The summed E-state index contributed by atoms with van der Waals surface area (Å²) in [6, 6.07) is 0. The molecule has 0 rings (SSSR count). The molecule has 2 nitrogen and oxygen atoms in total. The Morgan fingerprint density at radius 1 is 1.57 bits per heavy atom. The van der Waals surface area contributed by atoms with Gasteiger partial charge in [0.05, 0.1) is 0 Å². The summed E-state index contributed by atoms with van der Waals surface area (Å²) in [6.07, 6.45) is 0.215. The Balaban J connectivity index is -0.000000125. The topological polar surface area (TPSA) is 40.5 Å². The van der Waals surface area contributed by atoms with Gasteiger partial charge in [0, 0.05) is 0 Å². The van der Waals surface area contributed by atoms with Gasteiger partial charge >= 0.3 is 51.4 Å². The van der Waals surface area contributed by atoms with Crippen molar-refractivity contribution in [1.29, 1.82) is 0 Å². The van der Waals surface area contributed by atoms with Crippen molar-refractivity contribution in [2.24, 2.45) is 0 Å². The minimum atomic E-state index is -1.10. The zero-order valence-corrected chi connectivity index (χ0v) is 8.01. The molecule has 0 unspecified atom stereocenters. The molecule has 0 bridgehead atoms. The van der Waals surface area contributed by atoms with Gasteiger partial charge in [-0.15, -0.1) is 0 Å². The maximum absolute atomic E-state index is 8.11. The van der Waals surface area contributed by atoms with E-state index in [4.69, 9.17) is 10.2 Å². The van der Waals surface area contributed by atoms with Gasteiger partial charge in [0.1, 0.15) is 0 Å². The van der Waals surface area contributed by atoms with Crippen molar-refractivity contribution >= 4 is 0 Å². The molecule has 7 heavy (non-hydrogen) atoms. The molecule has 0 aromatic heterocycles. The summed E-state index contributed by atoms with van der Waals surface area (Å²) in [5.74, 6) is 0. The van der Waals surface area contributed by atoms with E-state index in [-0.39, 0.29) is 52.8 Å². The van der Waals surface area contributed by atoms with Crippen molar-refractivity contribution in [1.82, 2.24) is 0 Å². The van der Waals surface area contributed by atoms with E-state index in [1.165, 1.54) is 0 Å². The molecule has 0 aromatic rings. The first-order valence-electron chi connectivity index (χ1n) is 2.13. The zero-order valence-electron chi connectivity index (χ0n) is 5.89. The van der Waals surface area contributed by atoms with Crippen molar-refractivity contribution in [3.63, 3.8) is 0 Å². The van der Waals surface area contributed by atoms with Crippen LogP contribution in [0, 0.1) is 0 Å². The molecule has 0 heterocycles. The SMILES string of the molecule is CCCC(O)O.[H-].[K+]. The fourth-order valence-electron chi connectivity index (χ4n) is 0.258. The first kappa shape index (κ1) is 11.4. The van der Waals surface area contributed by atoms with Gasteiger partial charge in [0.2, 0.25) is 0 Å². The van der Waals surface area contributed by atoms with E-state index in [0.717, 1.165) is 6.42 Å². The van der Waals surface area contributed by atoms with Crippen molar-refractivity contribution in [2.75, 3.05) is 0 Å². The summed E-state index contributed by atoms with van der Waals surface area (Å²) in [4.78, 5) is 0. The number of aliphatic hydroxyl groups excluding tert-OH is 1. The molecule has 40 valence electrons. The Hall–Kier alpha value is 1.56. The molecule has 0 amide bonds. The van der Waals surface area contributed by atoms with E-state index in [0.29, 0.717) is 6.42 Å². The minimum absolute atomic E-state index is 0. The second-order valence-electron chi connectivity index (χ2n) is 1.27. The Morgan fingerprint density at radius 2 is 2.00 bits per heavy atom. The van der Waals surface area contributed by atoms with Gasteiger partial charge in [-0.1, -0.05) is 13.3 Å². The molecular formula is C4H11KO2. The fourth-order valence-corrected chi connectivity index (χ4v) is 0.258. The van der Waals surface area contributed by atoms with Crippen LogP contribution in [0.2, 0.25) is 0 Å². The van der Waals surface area contributed by atoms with E-state index in [1.54, 1.807) is 0 Å². The minimum Gasteiger partial charge on any atom is -1.00 e. The largest absolute Gasteiger partial charge is 1.00 e. The van der Waals surface area contributed by atoms with Crippen LogP contribution < -0.4 is 51.4 Å². The fraction of sp³-hybridized carbons (Fsp3) is 1.00. The summed E-state index contributed by atoms with van der Waals surface area (Å²) in [5.41, 5.74) is 0. The summed E-state index contributed by atoms with van der Waals surface area (Å²) >= 11 is 0. The molecule has 2 N–H and O–H groups in total. The van der Waals surface area contributed by atoms with Crippen molar-refractivity contribution < 1.29 is 63.0 Å². The van der Waals surface area contributed by atoms with Crippen LogP contribution in [-0.2, 0) is 0 Å². The average Bonchev–Trinajstić information content (AvgIpc) is 1.35. The molecule has 0 aliphatic heterocycles.